The largest absolute Gasteiger partial charge is 0.351 e. The minimum atomic E-state index is -0.620. The molecule has 0 spiro atoms. The minimum Gasteiger partial charge on any atom is -0.351 e. The molecule has 1 aliphatic rings. The molecule has 0 aliphatic carbocycles. The van der Waals surface area contributed by atoms with E-state index in [1.54, 1.807) is 0 Å². The monoisotopic (exact) mass is 296 g/mol. The first-order valence-electron chi connectivity index (χ1n) is 7.40. The molecule has 0 saturated carbocycles. The van der Waals surface area contributed by atoms with Crippen molar-refractivity contribution in [2.75, 3.05) is 5.01 Å². The van der Waals surface area contributed by atoms with Crippen LogP contribution in [0.2, 0.25) is 0 Å². The average Bonchev–Trinajstić information content (AvgIpc) is 2.77. The van der Waals surface area contributed by atoms with Gasteiger partial charge in [0.05, 0.1) is 17.7 Å². The number of carbonyl (C=O) groups is 1. The van der Waals surface area contributed by atoms with Crippen LogP contribution in [0.15, 0.2) is 60.7 Å². The van der Waals surface area contributed by atoms with E-state index in [-0.39, 0.29) is 12.1 Å². The molecule has 1 fully saturated rings. The SMILES string of the molecule is CC1(C)C(=O)NN(c2ccccc2)C1OCc1ccccc1. The van der Waals surface area contributed by atoms with Crippen molar-refractivity contribution in [3.63, 3.8) is 0 Å². The summed E-state index contributed by atoms with van der Waals surface area (Å²) in [5.74, 6) is -0.0329. The van der Waals surface area contributed by atoms with Crippen molar-refractivity contribution in [2.24, 2.45) is 5.41 Å². The van der Waals surface area contributed by atoms with Crippen LogP contribution in [0.25, 0.3) is 0 Å². The predicted octanol–water partition coefficient (Wildman–Crippen LogP) is 3.11. The number of amides is 1. The highest BCUT2D eigenvalue weighted by Gasteiger charge is 2.48. The Morgan fingerprint density at radius 2 is 1.64 bits per heavy atom. The molecule has 114 valence electrons. The summed E-state index contributed by atoms with van der Waals surface area (Å²) in [6, 6.07) is 19.7. The lowest BCUT2D eigenvalue weighted by Crippen LogP contribution is -2.42. The highest BCUT2D eigenvalue weighted by atomic mass is 16.5. The highest BCUT2D eigenvalue weighted by Crippen LogP contribution is 2.34. The summed E-state index contributed by atoms with van der Waals surface area (Å²) in [5, 5.41) is 1.81. The zero-order chi connectivity index (χ0) is 15.6. The Labute approximate surface area is 130 Å². The van der Waals surface area contributed by atoms with Gasteiger partial charge in [-0.1, -0.05) is 48.5 Å². The second-order valence-corrected chi connectivity index (χ2v) is 6.02. The first-order chi connectivity index (χ1) is 10.6. The number of benzene rings is 2. The summed E-state index contributed by atoms with van der Waals surface area (Å²) in [4.78, 5) is 12.3. The quantitative estimate of drug-likeness (QED) is 0.942. The molecule has 1 unspecified atom stereocenters. The molecule has 4 heteroatoms. The van der Waals surface area contributed by atoms with E-state index in [0.29, 0.717) is 6.61 Å². The maximum Gasteiger partial charge on any atom is 0.248 e. The van der Waals surface area contributed by atoms with Gasteiger partial charge in [0.15, 0.2) is 6.23 Å². The Morgan fingerprint density at radius 3 is 2.27 bits per heavy atom. The summed E-state index contributed by atoms with van der Waals surface area (Å²) >= 11 is 0. The van der Waals surface area contributed by atoms with Gasteiger partial charge in [-0.05, 0) is 31.5 Å². The third kappa shape index (κ3) is 2.70. The van der Waals surface area contributed by atoms with E-state index in [9.17, 15) is 4.79 Å². The Kier molecular flexibility index (Phi) is 3.86. The van der Waals surface area contributed by atoms with Gasteiger partial charge in [-0.2, -0.15) is 0 Å². The van der Waals surface area contributed by atoms with Gasteiger partial charge < -0.3 is 4.74 Å². The van der Waals surface area contributed by atoms with Crippen LogP contribution >= 0.6 is 0 Å². The Hall–Kier alpha value is -2.33. The lowest BCUT2D eigenvalue weighted by Gasteiger charge is -2.30. The molecular weight excluding hydrogens is 276 g/mol. The number of anilines is 1. The van der Waals surface area contributed by atoms with Crippen molar-refractivity contribution in [1.29, 1.82) is 0 Å². The maximum absolute atomic E-state index is 12.3. The van der Waals surface area contributed by atoms with E-state index < -0.39 is 5.41 Å². The standard InChI is InChI=1S/C18H20N2O2/c1-18(2)16(21)19-20(15-11-7-4-8-12-15)17(18)22-13-14-9-5-3-6-10-14/h3-12,17H,13H2,1-2H3,(H,19,21). The van der Waals surface area contributed by atoms with E-state index in [2.05, 4.69) is 5.43 Å². The molecule has 1 saturated heterocycles. The van der Waals surface area contributed by atoms with Gasteiger partial charge in [0, 0.05) is 0 Å². The van der Waals surface area contributed by atoms with Crippen LogP contribution in [-0.4, -0.2) is 12.1 Å². The van der Waals surface area contributed by atoms with Gasteiger partial charge in [0.25, 0.3) is 0 Å². The zero-order valence-corrected chi connectivity index (χ0v) is 12.8. The van der Waals surface area contributed by atoms with Gasteiger partial charge in [0.2, 0.25) is 5.91 Å². The van der Waals surface area contributed by atoms with Crippen LogP contribution in [0.4, 0.5) is 5.69 Å². The molecule has 1 amide bonds. The summed E-state index contributed by atoms with van der Waals surface area (Å²) < 4.78 is 6.08. The van der Waals surface area contributed by atoms with E-state index in [4.69, 9.17) is 4.74 Å². The van der Waals surface area contributed by atoms with E-state index in [0.717, 1.165) is 11.3 Å². The molecular formula is C18H20N2O2. The zero-order valence-electron chi connectivity index (χ0n) is 12.8. The minimum absolute atomic E-state index is 0.0329. The van der Waals surface area contributed by atoms with E-state index in [1.807, 2.05) is 79.5 Å². The predicted molar refractivity (Wildman–Crippen MR) is 85.9 cm³/mol. The molecule has 3 rings (SSSR count). The highest BCUT2D eigenvalue weighted by molar-refractivity contribution is 5.87. The lowest BCUT2D eigenvalue weighted by atomic mass is 9.91. The topological polar surface area (TPSA) is 41.6 Å². The normalized spacial score (nSPS) is 20.0. The van der Waals surface area contributed by atoms with Crippen molar-refractivity contribution in [3.8, 4) is 0 Å². The van der Waals surface area contributed by atoms with E-state index >= 15 is 0 Å². The van der Waals surface area contributed by atoms with Crippen LogP contribution in [0.5, 0.6) is 0 Å². The number of nitrogens with one attached hydrogen (secondary N) is 1. The van der Waals surface area contributed by atoms with Crippen LogP contribution in [0.1, 0.15) is 19.4 Å². The second-order valence-electron chi connectivity index (χ2n) is 6.02. The molecule has 1 atom stereocenters. The van der Waals surface area contributed by atoms with Gasteiger partial charge in [-0.3, -0.25) is 15.2 Å². The molecule has 4 nitrogen and oxygen atoms in total. The maximum atomic E-state index is 12.3. The molecule has 1 heterocycles. The molecule has 0 radical (unpaired) electrons. The number of rotatable bonds is 4. The molecule has 22 heavy (non-hydrogen) atoms. The smallest absolute Gasteiger partial charge is 0.248 e. The van der Waals surface area contributed by atoms with Crippen molar-refractivity contribution < 1.29 is 9.53 Å². The number of hydrogen-bond donors (Lipinski definition) is 1. The fourth-order valence-corrected chi connectivity index (χ4v) is 2.57. The van der Waals surface area contributed by atoms with Crippen molar-refractivity contribution in [2.45, 2.75) is 26.7 Å². The number of hydrazine groups is 1. The molecule has 1 N–H and O–H groups in total. The fourth-order valence-electron chi connectivity index (χ4n) is 2.57. The Bertz CT molecular complexity index is 641. The molecule has 2 aromatic rings. The van der Waals surface area contributed by atoms with Crippen LogP contribution in [0.3, 0.4) is 0 Å². The number of ether oxygens (including phenoxy) is 1. The van der Waals surface area contributed by atoms with Crippen LogP contribution < -0.4 is 10.4 Å². The van der Waals surface area contributed by atoms with Gasteiger partial charge in [-0.25, -0.2) is 0 Å². The fraction of sp³-hybridized carbons (Fsp3) is 0.278. The lowest BCUT2D eigenvalue weighted by molar-refractivity contribution is -0.130. The second kappa shape index (κ2) is 5.81. The third-order valence-electron chi connectivity index (χ3n) is 3.94. The summed E-state index contributed by atoms with van der Waals surface area (Å²) in [7, 11) is 0. The molecule has 0 bridgehead atoms. The molecule has 1 aliphatic heterocycles. The first kappa shape index (κ1) is 14.6. The van der Waals surface area contributed by atoms with Crippen molar-refractivity contribution >= 4 is 11.6 Å². The van der Waals surface area contributed by atoms with Gasteiger partial charge >= 0.3 is 0 Å². The molecule has 2 aromatic carbocycles. The van der Waals surface area contributed by atoms with Crippen molar-refractivity contribution in [3.05, 3.63) is 66.2 Å². The van der Waals surface area contributed by atoms with Crippen LogP contribution in [0, 0.1) is 5.41 Å². The molecule has 0 aromatic heterocycles. The average molecular weight is 296 g/mol. The summed E-state index contributed by atoms with van der Waals surface area (Å²) in [5.41, 5.74) is 4.30. The Morgan fingerprint density at radius 1 is 1.05 bits per heavy atom. The van der Waals surface area contributed by atoms with Crippen molar-refractivity contribution in [1.82, 2.24) is 5.43 Å². The van der Waals surface area contributed by atoms with Crippen LogP contribution in [-0.2, 0) is 16.1 Å². The third-order valence-corrected chi connectivity index (χ3v) is 3.94. The Balaban J connectivity index is 1.82. The number of para-hydroxylation sites is 1. The number of nitrogens with zero attached hydrogens (tertiary/aromatic N) is 1. The number of hydrogen-bond acceptors (Lipinski definition) is 3. The van der Waals surface area contributed by atoms with E-state index in [1.165, 1.54) is 0 Å². The number of carbonyl (C=O) groups excluding carboxylic acids is 1. The van der Waals surface area contributed by atoms with Gasteiger partial charge in [-0.15, -0.1) is 0 Å². The first-order valence-corrected chi connectivity index (χ1v) is 7.40. The summed E-state index contributed by atoms with van der Waals surface area (Å²) in [6.07, 6.45) is -0.359. The summed E-state index contributed by atoms with van der Waals surface area (Å²) in [6.45, 7) is 4.27. The van der Waals surface area contributed by atoms with Gasteiger partial charge in [0.1, 0.15) is 0 Å².